The number of aryl methyl sites for hydroxylation is 1. The summed E-state index contributed by atoms with van der Waals surface area (Å²) < 4.78 is 36.1. The topological polar surface area (TPSA) is 97.6 Å². The lowest BCUT2D eigenvalue weighted by Gasteiger charge is -2.15. The Hall–Kier alpha value is -4.06. The third kappa shape index (κ3) is 6.92. The zero-order valence-corrected chi connectivity index (χ0v) is 24.0. The van der Waals surface area contributed by atoms with Crippen LogP contribution in [0.4, 0.5) is 0 Å². The highest BCUT2D eigenvalue weighted by Gasteiger charge is 2.27. The summed E-state index contributed by atoms with van der Waals surface area (Å²) in [4.78, 5) is 12.2. The average molecular weight is 559 g/mol. The molecule has 0 aliphatic heterocycles. The van der Waals surface area contributed by atoms with Crippen LogP contribution < -0.4 is 9.46 Å². The van der Waals surface area contributed by atoms with Crippen molar-refractivity contribution >= 4 is 26.9 Å². The third-order valence-electron chi connectivity index (χ3n) is 6.76. The van der Waals surface area contributed by atoms with E-state index in [2.05, 4.69) is 59.2 Å². The summed E-state index contributed by atoms with van der Waals surface area (Å²) >= 11 is 0. The normalized spacial score (nSPS) is 12.2. The van der Waals surface area contributed by atoms with Gasteiger partial charge in [0.25, 0.3) is 0 Å². The predicted molar refractivity (Wildman–Crippen MR) is 157 cm³/mol. The fraction of sp³-hybridized carbons (Fsp3) is 0.281. The van der Waals surface area contributed by atoms with Crippen LogP contribution >= 0.6 is 0 Å². The molecule has 0 saturated heterocycles. The summed E-state index contributed by atoms with van der Waals surface area (Å²) in [7, 11) is -4.10. The molecule has 0 fully saturated rings. The molecule has 0 spiro atoms. The molecule has 0 bridgehead atoms. The largest absolute Gasteiger partial charge is 0.481 e. The summed E-state index contributed by atoms with van der Waals surface area (Å²) in [5.41, 5.74) is 5.14. The zero-order chi connectivity index (χ0) is 28.9. The van der Waals surface area contributed by atoms with Gasteiger partial charge in [-0.05, 0) is 72.9 Å². The van der Waals surface area contributed by atoms with E-state index in [4.69, 9.17) is 4.74 Å². The molecule has 4 aromatic rings. The molecule has 40 heavy (non-hydrogen) atoms. The van der Waals surface area contributed by atoms with Gasteiger partial charge in [-0.3, -0.25) is 4.79 Å². The van der Waals surface area contributed by atoms with Crippen molar-refractivity contribution in [3.63, 3.8) is 0 Å². The Morgan fingerprint density at radius 3 is 2.38 bits per heavy atom. The Morgan fingerprint density at radius 2 is 1.75 bits per heavy atom. The Balaban J connectivity index is 1.58. The molecular formula is C32H34N2O5S. The Morgan fingerprint density at radius 1 is 1.05 bits per heavy atom. The number of aromatic nitrogens is 1. The summed E-state index contributed by atoms with van der Waals surface area (Å²) in [5, 5.41) is 10.9. The number of nitrogens with zero attached hydrogens (tertiary/aromatic N) is 1. The number of carbonyl (C=O) groups is 1. The van der Waals surface area contributed by atoms with E-state index < -0.39 is 22.0 Å². The SMILES string of the molecule is CC#CCOc1ccc(S(=O)(=O)NC(Cc2cn(Cc3ccc(C(C)C)cc3)c3ccc(C)cc23)C(=O)O)cc1. The highest BCUT2D eigenvalue weighted by molar-refractivity contribution is 7.89. The molecular weight excluding hydrogens is 524 g/mol. The lowest BCUT2D eigenvalue weighted by atomic mass is 10.0. The molecule has 3 aromatic carbocycles. The van der Waals surface area contributed by atoms with Gasteiger partial charge in [-0.15, -0.1) is 5.92 Å². The van der Waals surface area contributed by atoms with Crippen molar-refractivity contribution in [1.82, 2.24) is 9.29 Å². The van der Waals surface area contributed by atoms with Gasteiger partial charge in [0.2, 0.25) is 10.0 Å². The van der Waals surface area contributed by atoms with Crippen LogP contribution in [0.5, 0.6) is 5.75 Å². The van der Waals surface area contributed by atoms with Crippen molar-refractivity contribution in [1.29, 1.82) is 0 Å². The molecule has 1 aromatic heterocycles. The molecule has 2 N–H and O–H groups in total. The second kappa shape index (κ2) is 12.4. The lowest BCUT2D eigenvalue weighted by Crippen LogP contribution is -2.42. The number of nitrogens with one attached hydrogen (secondary N) is 1. The quantitative estimate of drug-likeness (QED) is 0.237. The van der Waals surface area contributed by atoms with Crippen LogP contribution in [0.25, 0.3) is 10.9 Å². The maximum Gasteiger partial charge on any atom is 0.322 e. The van der Waals surface area contributed by atoms with E-state index >= 15 is 0 Å². The number of rotatable bonds is 11. The van der Waals surface area contributed by atoms with Crippen LogP contribution in [-0.4, -0.2) is 36.7 Å². The first kappa shape index (κ1) is 28.9. The molecule has 0 saturated carbocycles. The molecule has 208 valence electrons. The molecule has 0 aliphatic carbocycles. The fourth-order valence-corrected chi connectivity index (χ4v) is 5.73. The van der Waals surface area contributed by atoms with Gasteiger partial charge in [-0.25, -0.2) is 8.42 Å². The summed E-state index contributed by atoms with van der Waals surface area (Å²) in [6, 6.07) is 19.0. The van der Waals surface area contributed by atoms with E-state index in [1.54, 1.807) is 6.92 Å². The standard InChI is InChI=1S/C32H34N2O5S/c1-5-6-17-39-27-12-14-28(15-13-27)40(37,38)33-30(32(35)36)19-26-21-34(31-16-7-23(4)18-29(26)31)20-24-8-10-25(11-9-24)22(2)3/h7-16,18,21-22,30,33H,17,19-20H2,1-4H3,(H,35,36). The van der Waals surface area contributed by atoms with E-state index in [9.17, 15) is 18.3 Å². The molecule has 1 unspecified atom stereocenters. The highest BCUT2D eigenvalue weighted by atomic mass is 32.2. The summed E-state index contributed by atoms with van der Waals surface area (Å²) in [6.07, 6.45) is 1.92. The molecule has 0 aliphatic rings. The smallest absolute Gasteiger partial charge is 0.322 e. The van der Waals surface area contributed by atoms with Crippen LogP contribution in [0.1, 0.15) is 48.9 Å². The molecule has 4 rings (SSSR count). The minimum absolute atomic E-state index is 0.00924. The monoisotopic (exact) mass is 558 g/mol. The Kier molecular flexibility index (Phi) is 8.98. The number of benzene rings is 3. The number of sulfonamides is 1. The van der Waals surface area contributed by atoms with E-state index in [-0.39, 0.29) is 17.9 Å². The van der Waals surface area contributed by atoms with E-state index in [0.29, 0.717) is 18.2 Å². The van der Waals surface area contributed by atoms with Crippen LogP contribution in [0.2, 0.25) is 0 Å². The number of fused-ring (bicyclic) bond motifs is 1. The molecule has 8 heteroatoms. The minimum atomic E-state index is -4.10. The zero-order valence-electron chi connectivity index (χ0n) is 23.1. The molecule has 1 atom stereocenters. The van der Waals surface area contributed by atoms with Gasteiger partial charge in [-0.2, -0.15) is 4.72 Å². The van der Waals surface area contributed by atoms with E-state index in [0.717, 1.165) is 27.6 Å². The molecule has 0 radical (unpaired) electrons. The first-order valence-corrected chi connectivity index (χ1v) is 14.6. The van der Waals surface area contributed by atoms with Gasteiger partial charge >= 0.3 is 5.97 Å². The van der Waals surface area contributed by atoms with Crippen LogP contribution in [0, 0.1) is 18.8 Å². The van der Waals surface area contributed by atoms with Gasteiger partial charge in [0, 0.05) is 30.1 Å². The Labute approximate surface area is 235 Å². The van der Waals surface area contributed by atoms with Crippen LogP contribution in [0.15, 0.2) is 77.8 Å². The van der Waals surface area contributed by atoms with Gasteiger partial charge in [-0.1, -0.05) is 55.7 Å². The third-order valence-corrected chi connectivity index (χ3v) is 8.25. The lowest BCUT2D eigenvalue weighted by molar-refractivity contribution is -0.138. The van der Waals surface area contributed by atoms with Crippen molar-refractivity contribution in [2.45, 2.75) is 57.5 Å². The van der Waals surface area contributed by atoms with Gasteiger partial charge in [0.05, 0.1) is 4.90 Å². The minimum Gasteiger partial charge on any atom is -0.481 e. The molecule has 1 heterocycles. The number of aliphatic carboxylic acids is 1. The molecule has 0 amide bonds. The number of hydrogen-bond donors (Lipinski definition) is 2. The maximum atomic E-state index is 13.1. The second-order valence-corrected chi connectivity index (χ2v) is 11.8. The van der Waals surface area contributed by atoms with Gasteiger partial charge in [0.15, 0.2) is 0 Å². The fourth-order valence-electron chi connectivity index (χ4n) is 4.54. The van der Waals surface area contributed by atoms with Crippen LogP contribution in [0.3, 0.4) is 0 Å². The van der Waals surface area contributed by atoms with Crippen molar-refractivity contribution < 1.29 is 23.1 Å². The van der Waals surface area contributed by atoms with Gasteiger partial charge < -0.3 is 14.4 Å². The van der Waals surface area contributed by atoms with Crippen molar-refractivity contribution in [3.8, 4) is 17.6 Å². The molecule has 7 nitrogen and oxygen atoms in total. The highest BCUT2D eigenvalue weighted by Crippen LogP contribution is 2.26. The maximum absolute atomic E-state index is 13.1. The number of carboxylic acids is 1. The first-order valence-electron chi connectivity index (χ1n) is 13.1. The van der Waals surface area contributed by atoms with Gasteiger partial charge in [0.1, 0.15) is 18.4 Å². The van der Waals surface area contributed by atoms with E-state index in [1.165, 1.54) is 29.8 Å². The Bertz CT molecular complexity index is 1660. The van der Waals surface area contributed by atoms with Crippen molar-refractivity contribution in [3.05, 3.63) is 95.2 Å². The van der Waals surface area contributed by atoms with E-state index in [1.807, 2.05) is 31.3 Å². The summed E-state index contributed by atoms with van der Waals surface area (Å²) in [5.74, 6) is 5.16. The number of carboxylic acid groups (broad SMARTS) is 1. The second-order valence-electron chi connectivity index (χ2n) is 10.1. The number of ether oxygens (including phenoxy) is 1. The van der Waals surface area contributed by atoms with Crippen LogP contribution in [-0.2, 0) is 27.8 Å². The summed E-state index contributed by atoms with van der Waals surface area (Å²) in [6.45, 7) is 8.80. The average Bonchev–Trinajstić information content (AvgIpc) is 3.24. The first-order chi connectivity index (χ1) is 19.1. The predicted octanol–water partition coefficient (Wildman–Crippen LogP) is 5.50. The van der Waals surface area contributed by atoms with Crippen molar-refractivity contribution in [2.75, 3.05) is 6.61 Å². The number of hydrogen-bond acceptors (Lipinski definition) is 4. The van der Waals surface area contributed by atoms with Crippen molar-refractivity contribution in [2.24, 2.45) is 0 Å².